The van der Waals surface area contributed by atoms with E-state index in [1.54, 1.807) is 18.0 Å². The van der Waals surface area contributed by atoms with Crippen LogP contribution in [-0.4, -0.2) is 17.9 Å². The third-order valence-corrected chi connectivity index (χ3v) is 6.51. The highest BCUT2D eigenvalue weighted by Gasteiger charge is 2.15. The second kappa shape index (κ2) is 8.28. The number of nitrogens with zero attached hydrogens (tertiary/aromatic N) is 1. The van der Waals surface area contributed by atoms with Crippen molar-refractivity contribution in [2.45, 2.75) is 18.6 Å². The van der Waals surface area contributed by atoms with E-state index in [4.69, 9.17) is 0 Å². The first kappa shape index (κ1) is 18.3. The van der Waals surface area contributed by atoms with E-state index in [0.29, 0.717) is 5.75 Å². The summed E-state index contributed by atoms with van der Waals surface area (Å²) >= 11 is 5.10. The quantitative estimate of drug-likeness (QED) is 0.430. The molecule has 0 saturated carbocycles. The Morgan fingerprint density at radius 3 is 2.74 bits per heavy atom. The molecule has 136 valence electrons. The Bertz CT molecular complexity index is 1020. The average molecular weight is 439 g/mol. The molecule has 0 aromatic heterocycles. The van der Waals surface area contributed by atoms with Crippen molar-refractivity contribution in [2.75, 3.05) is 5.75 Å². The van der Waals surface area contributed by atoms with E-state index in [1.807, 2.05) is 18.2 Å². The maximum atomic E-state index is 12.0. The molecule has 0 unspecified atom stereocenters. The molecule has 1 amide bonds. The van der Waals surface area contributed by atoms with Gasteiger partial charge in [-0.15, -0.1) is 11.8 Å². The van der Waals surface area contributed by atoms with Crippen LogP contribution in [0.1, 0.15) is 22.3 Å². The molecule has 0 heterocycles. The Kier molecular flexibility index (Phi) is 5.60. The molecule has 0 radical (unpaired) electrons. The number of aryl methyl sites for hydroxylation is 2. The van der Waals surface area contributed by atoms with Crippen LogP contribution in [0, 0.1) is 0 Å². The summed E-state index contributed by atoms with van der Waals surface area (Å²) in [4.78, 5) is 12.0. The lowest BCUT2D eigenvalue weighted by Gasteiger charge is -2.06. The van der Waals surface area contributed by atoms with E-state index < -0.39 is 0 Å². The summed E-state index contributed by atoms with van der Waals surface area (Å²) in [5.41, 5.74) is 7.68. The summed E-state index contributed by atoms with van der Waals surface area (Å²) in [5, 5.41) is 6.74. The number of halogens is 1. The maximum absolute atomic E-state index is 12.0. The van der Waals surface area contributed by atoms with Gasteiger partial charge in [0.15, 0.2) is 0 Å². The number of benzene rings is 3. The predicted molar refractivity (Wildman–Crippen MR) is 117 cm³/mol. The summed E-state index contributed by atoms with van der Waals surface area (Å²) < 4.78 is 1.07. The topological polar surface area (TPSA) is 41.5 Å². The Hall–Kier alpha value is -2.11. The lowest BCUT2D eigenvalue weighted by Crippen LogP contribution is -2.19. The first-order valence-electron chi connectivity index (χ1n) is 8.89. The van der Waals surface area contributed by atoms with Gasteiger partial charge in [0, 0.05) is 15.8 Å². The summed E-state index contributed by atoms with van der Waals surface area (Å²) in [7, 11) is 0. The van der Waals surface area contributed by atoms with Gasteiger partial charge in [-0.05, 0) is 46.4 Å². The van der Waals surface area contributed by atoms with E-state index in [2.05, 4.69) is 62.9 Å². The molecule has 27 heavy (non-hydrogen) atoms. The molecular weight excluding hydrogens is 420 g/mol. The fourth-order valence-electron chi connectivity index (χ4n) is 3.46. The molecule has 1 aliphatic rings. The van der Waals surface area contributed by atoms with Gasteiger partial charge in [-0.2, -0.15) is 5.10 Å². The Morgan fingerprint density at radius 2 is 1.89 bits per heavy atom. The highest BCUT2D eigenvalue weighted by Crippen LogP contribution is 2.32. The monoisotopic (exact) mass is 438 g/mol. The van der Waals surface area contributed by atoms with Crippen LogP contribution in [-0.2, 0) is 23.4 Å². The van der Waals surface area contributed by atoms with Crippen molar-refractivity contribution in [3.8, 4) is 0 Å². The average Bonchev–Trinajstić information content (AvgIpc) is 3.10. The van der Waals surface area contributed by atoms with Gasteiger partial charge in [0.25, 0.3) is 0 Å². The molecular formula is C22H19BrN2OS. The number of amides is 1. The first-order chi connectivity index (χ1) is 13.2. The number of thioether (sulfide) groups is 1. The molecule has 5 heteroatoms. The van der Waals surface area contributed by atoms with E-state index in [1.165, 1.54) is 27.5 Å². The minimum atomic E-state index is -0.0887. The predicted octanol–water partition coefficient (Wildman–Crippen LogP) is 5.08. The van der Waals surface area contributed by atoms with Crippen molar-refractivity contribution in [3.63, 3.8) is 0 Å². The Labute approximate surface area is 171 Å². The Balaban J connectivity index is 1.35. The highest BCUT2D eigenvalue weighted by atomic mass is 79.9. The fraction of sp³-hybridized carbons (Fsp3) is 0.182. The standard InChI is InChI=1S/C22H19BrN2OS/c23-20-7-2-1-4-18(20)13-27-14-21(26)25-24-12-17-11-10-16-9-8-15-5-3-6-19(17)22(15)16/h1-7,10-12H,8-9,13-14H2,(H,25,26)/b24-12-. The normalized spacial score (nSPS) is 12.8. The number of hydrogen-bond acceptors (Lipinski definition) is 3. The summed E-state index contributed by atoms with van der Waals surface area (Å²) in [6, 6.07) is 18.7. The van der Waals surface area contributed by atoms with Crippen LogP contribution in [0.5, 0.6) is 0 Å². The van der Waals surface area contributed by atoms with Crippen LogP contribution < -0.4 is 5.43 Å². The van der Waals surface area contributed by atoms with Crippen LogP contribution in [0.2, 0.25) is 0 Å². The first-order valence-corrected chi connectivity index (χ1v) is 10.8. The molecule has 0 atom stereocenters. The van der Waals surface area contributed by atoms with Gasteiger partial charge in [-0.3, -0.25) is 4.79 Å². The van der Waals surface area contributed by atoms with Crippen LogP contribution in [0.3, 0.4) is 0 Å². The molecule has 0 bridgehead atoms. The minimum absolute atomic E-state index is 0.0887. The lowest BCUT2D eigenvalue weighted by atomic mass is 10.0. The number of nitrogens with one attached hydrogen (secondary N) is 1. The molecule has 1 N–H and O–H groups in total. The number of carbonyl (C=O) groups excluding carboxylic acids is 1. The zero-order chi connectivity index (χ0) is 18.6. The van der Waals surface area contributed by atoms with Crippen molar-refractivity contribution in [1.82, 2.24) is 5.43 Å². The lowest BCUT2D eigenvalue weighted by molar-refractivity contribution is -0.118. The number of rotatable bonds is 6. The second-order valence-electron chi connectivity index (χ2n) is 6.53. The maximum Gasteiger partial charge on any atom is 0.250 e. The van der Waals surface area contributed by atoms with Gasteiger partial charge >= 0.3 is 0 Å². The minimum Gasteiger partial charge on any atom is -0.272 e. The molecule has 0 aliphatic heterocycles. The summed E-state index contributed by atoms with van der Waals surface area (Å²) in [5.74, 6) is 1.07. The van der Waals surface area contributed by atoms with Crippen molar-refractivity contribution in [2.24, 2.45) is 5.10 Å². The van der Waals surface area contributed by atoms with Gasteiger partial charge in [0.05, 0.1) is 12.0 Å². The largest absolute Gasteiger partial charge is 0.272 e. The van der Waals surface area contributed by atoms with Crippen molar-refractivity contribution < 1.29 is 4.79 Å². The third-order valence-electron chi connectivity index (χ3n) is 4.75. The third kappa shape index (κ3) is 4.09. The Morgan fingerprint density at radius 1 is 1.07 bits per heavy atom. The molecule has 1 aliphatic carbocycles. The molecule has 3 nitrogen and oxygen atoms in total. The molecule has 0 spiro atoms. The van der Waals surface area contributed by atoms with Gasteiger partial charge in [0.1, 0.15) is 0 Å². The van der Waals surface area contributed by atoms with E-state index in [-0.39, 0.29) is 5.91 Å². The van der Waals surface area contributed by atoms with Crippen molar-refractivity contribution >= 4 is 50.6 Å². The fourth-order valence-corrected chi connectivity index (χ4v) is 4.89. The van der Waals surface area contributed by atoms with E-state index in [0.717, 1.165) is 28.6 Å². The number of hydrogen-bond donors (Lipinski definition) is 1. The zero-order valence-corrected chi connectivity index (χ0v) is 17.1. The molecule has 0 saturated heterocycles. The molecule has 4 rings (SSSR count). The van der Waals surface area contributed by atoms with Crippen molar-refractivity contribution in [1.29, 1.82) is 0 Å². The van der Waals surface area contributed by atoms with Crippen LogP contribution in [0.4, 0.5) is 0 Å². The molecule has 3 aromatic rings. The zero-order valence-electron chi connectivity index (χ0n) is 14.7. The second-order valence-corrected chi connectivity index (χ2v) is 8.37. The van der Waals surface area contributed by atoms with Gasteiger partial charge in [0.2, 0.25) is 5.91 Å². The smallest absolute Gasteiger partial charge is 0.250 e. The van der Waals surface area contributed by atoms with Gasteiger partial charge in [-0.1, -0.05) is 64.5 Å². The number of carbonyl (C=O) groups is 1. The van der Waals surface area contributed by atoms with Crippen LogP contribution >= 0.6 is 27.7 Å². The van der Waals surface area contributed by atoms with Crippen molar-refractivity contribution in [3.05, 3.63) is 81.3 Å². The van der Waals surface area contributed by atoms with Crippen LogP contribution in [0.25, 0.3) is 10.8 Å². The van der Waals surface area contributed by atoms with Crippen LogP contribution in [0.15, 0.2) is 64.2 Å². The SMILES string of the molecule is O=C(CSCc1ccccc1Br)N/N=C\c1ccc2c3c(cccc13)CC2. The van der Waals surface area contributed by atoms with Gasteiger partial charge < -0.3 is 0 Å². The van der Waals surface area contributed by atoms with E-state index in [9.17, 15) is 4.79 Å². The summed E-state index contributed by atoms with van der Waals surface area (Å²) in [6.45, 7) is 0. The molecule has 3 aromatic carbocycles. The van der Waals surface area contributed by atoms with E-state index >= 15 is 0 Å². The highest BCUT2D eigenvalue weighted by molar-refractivity contribution is 9.10. The summed E-state index contributed by atoms with van der Waals surface area (Å²) in [6.07, 6.45) is 3.97. The van der Waals surface area contributed by atoms with Gasteiger partial charge in [-0.25, -0.2) is 5.43 Å². The number of hydrazone groups is 1. The molecule has 0 fully saturated rings.